The summed E-state index contributed by atoms with van der Waals surface area (Å²) >= 11 is 1.31. The first kappa shape index (κ1) is 21.6. The molecule has 148 valence electrons. The van der Waals surface area contributed by atoms with Crippen LogP contribution in [-0.2, 0) is 4.79 Å². The maximum atomic E-state index is 11.5. The number of rotatable bonds is 4. The van der Waals surface area contributed by atoms with E-state index in [0.717, 1.165) is 21.7 Å². The highest BCUT2D eigenvalue weighted by atomic mass is 32.1. The quantitative estimate of drug-likeness (QED) is 0.670. The largest absolute Gasteiger partial charge is 0.492 e. The highest BCUT2D eigenvalue weighted by molar-refractivity contribution is 7.14. The van der Waals surface area contributed by atoms with Crippen LogP contribution in [0.25, 0.3) is 11.3 Å². The summed E-state index contributed by atoms with van der Waals surface area (Å²) in [6.07, 6.45) is -0.123. The third kappa shape index (κ3) is 4.95. The number of hydrogen-bond donors (Lipinski definition) is 3. The maximum Gasteiger partial charge on any atom is 0.277 e. The van der Waals surface area contributed by atoms with Crippen LogP contribution < -0.4 is 15.8 Å². The van der Waals surface area contributed by atoms with Crippen molar-refractivity contribution in [2.75, 3.05) is 20.2 Å². The number of benzene rings is 1. The van der Waals surface area contributed by atoms with E-state index in [4.69, 9.17) is 15.3 Å². The molecule has 0 saturated heterocycles. The van der Waals surface area contributed by atoms with Crippen molar-refractivity contribution in [2.45, 2.75) is 25.4 Å². The van der Waals surface area contributed by atoms with Gasteiger partial charge in [0.1, 0.15) is 18.6 Å². The van der Waals surface area contributed by atoms with Gasteiger partial charge in [0.25, 0.3) is 5.91 Å². The Morgan fingerprint density at radius 1 is 1.54 bits per heavy atom. The normalized spacial score (nSPS) is 15.3. The minimum atomic E-state index is -0.686. The number of carbonyl (C=O) groups excluding carboxylic acids is 2. The topological polar surface area (TPSA) is 115 Å². The van der Waals surface area contributed by atoms with Gasteiger partial charge < -0.3 is 25.7 Å². The van der Waals surface area contributed by atoms with E-state index in [1.54, 1.807) is 0 Å². The number of aliphatic hydroxyl groups excluding tert-OH is 1. The predicted molar refractivity (Wildman–Crippen MR) is 109 cm³/mol. The molecule has 2 atom stereocenters. The Morgan fingerprint density at radius 2 is 2.29 bits per heavy atom. The van der Waals surface area contributed by atoms with Crippen LogP contribution in [0.2, 0.25) is 0 Å². The van der Waals surface area contributed by atoms with Gasteiger partial charge in [-0.3, -0.25) is 4.79 Å². The lowest BCUT2D eigenvalue weighted by atomic mass is 10.0. The molecule has 0 radical (unpaired) electrons. The van der Waals surface area contributed by atoms with Crippen LogP contribution in [0.4, 0.5) is 0 Å². The van der Waals surface area contributed by atoms with Crippen LogP contribution in [0.1, 0.15) is 39.5 Å². The number of ether oxygens (including phenoxy) is 1. The molecule has 4 N–H and O–H groups in total. The van der Waals surface area contributed by atoms with E-state index in [1.165, 1.54) is 11.3 Å². The molecule has 0 aliphatic carbocycles. The second-order valence-electron chi connectivity index (χ2n) is 6.20. The number of nitrogens with one attached hydrogen (secondary N) is 1. The third-order valence-electron chi connectivity index (χ3n) is 4.09. The van der Waals surface area contributed by atoms with Crippen molar-refractivity contribution >= 4 is 24.0 Å². The number of thiazole rings is 1. The summed E-state index contributed by atoms with van der Waals surface area (Å²) in [6.45, 7) is 5.24. The predicted octanol–water partition coefficient (Wildman–Crippen LogP) is 1.54. The highest BCUT2D eigenvalue weighted by Crippen LogP contribution is 2.41. The lowest BCUT2D eigenvalue weighted by Gasteiger charge is -2.08. The van der Waals surface area contributed by atoms with Gasteiger partial charge in [0.15, 0.2) is 5.01 Å². The fraction of sp³-hybridized carbons (Fsp3) is 0.350. The second-order valence-corrected chi connectivity index (χ2v) is 7.23. The van der Waals surface area contributed by atoms with Crippen molar-refractivity contribution in [1.82, 2.24) is 10.3 Å². The van der Waals surface area contributed by atoms with Gasteiger partial charge in [0.2, 0.25) is 0 Å². The van der Waals surface area contributed by atoms with Crippen LogP contribution in [0.3, 0.4) is 0 Å². The minimum absolute atomic E-state index is 0.112. The number of amides is 1. The molecule has 2 heterocycles. The van der Waals surface area contributed by atoms with Gasteiger partial charge in [0, 0.05) is 21.9 Å². The Kier molecular flexibility index (Phi) is 7.70. The van der Waals surface area contributed by atoms with Gasteiger partial charge in [-0.2, -0.15) is 0 Å². The van der Waals surface area contributed by atoms with Crippen molar-refractivity contribution in [2.24, 2.45) is 5.73 Å². The summed E-state index contributed by atoms with van der Waals surface area (Å²) in [5, 5.41) is 13.2. The standard InChI is InChI=1S/C19H21N3O3S.CH2O/c1-11-10-25-15-6-4-12(3-5-13(23)7-8-21-2)9-14(15)16-17(11)26-19(22-16)18(20)24;1-2/h4,6,9,11,13,21,23H,7-8,10H2,1-2H3,(H2,20,24);1H2. The summed E-state index contributed by atoms with van der Waals surface area (Å²) in [6, 6.07) is 5.59. The Bertz CT molecular complexity index is 901. The number of aromatic nitrogens is 1. The first-order valence-corrected chi connectivity index (χ1v) is 9.52. The molecule has 3 rings (SSSR count). The van der Waals surface area contributed by atoms with Crippen LogP contribution in [0, 0.1) is 11.8 Å². The smallest absolute Gasteiger partial charge is 0.277 e. The van der Waals surface area contributed by atoms with Gasteiger partial charge in [-0.15, -0.1) is 11.3 Å². The van der Waals surface area contributed by atoms with Gasteiger partial charge in [-0.25, -0.2) is 4.98 Å². The molecule has 0 bridgehead atoms. The number of carbonyl (C=O) groups is 2. The van der Waals surface area contributed by atoms with E-state index in [1.807, 2.05) is 39.0 Å². The molecule has 0 fully saturated rings. The number of primary amides is 1. The first-order valence-electron chi connectivity index (χ1n) is 8.70. The van der Waals surface area contributed by atoms with E-state index in [-0.39, 0.29) is 5.92 Å². The molecule has 2 unspecified atom stereocenters. The molecule has 0 saturated carbocycles. The summed E-state index contributed by atoms with van der Waals surface area (Å²) in [7, 11) is 1.83. The average Bonchev–Trinajstić information content (AvgIpc) is 3.11. The molecule has 7 nitrogen and oxygen atoms in total. The van der Waals surface area contributed by atoms with E-state index in [0.29, 0.717) is 30.3 Å². The van der Waals surface area contributed by atoms with Gasteiger partial charge in [0.05, 0.1) is 12.3 Å². The van der Waals surface area contributed by atoms with E-state index in [2.05, 4.69) is 22.1 Å². The monoisotopic (exact) mass is 401 g/mol. The lowest BCUT2D eigenvalue weighted by Crippen LogP contribution is -2.15. The van der Waals surface area contributed by atoms with Gasteiger partial charge >= 0.3 is 0 Å². The Labute approximate surface area is 167 Å². The molecule has 2 aromatic rings. The van der Waals surface area contributed by atoms with Crippen LogP contribution >= 0.6 is 11.3 Å². The number of fused-ring (bicyclic) bond motifs is 3. The molecular weight excluding hydrogens is 378 g/mol. The third-order valence-corrected chi connectivity index (χ3v) is 5.39. The van der Waals surface area contributed by atoms with E-state index in [9.17, 15) is 9.90 Å². The maximum absolute atomic E-state index is 11.5. The molecule has 1 amide bonds. The van der Waals surface area contributed by atoms with Crippen LogP contribution in [-0.4, -0.2) is 49.1 Å². The van der Waals surface area contributed by atoms with Gasteiger partial charge in [-0.05, 0) is 38.2 Å². The van der Waals surface area contributed by atoms with Gasteiger partial charge in [-0.1, -0.05) is 18.8 Å². The number of nitrogens with zero attached hydrogens (tertiary/aromatic N) is 1. The zero-order chi connectivity index (χ0) is 20.7. The number of nitrogens with two attached hydrogens (primary N) is 1. The molecular formula is C20H23N3O4S. The molecule has 1 aliphatic heterocycles. The van der Waals surface area contributed by atoms with E-state index < -0.39 is 12.0 Å². The van der Waals surface area contributed by atoms with Crippen molar-refractivity contribution in [1.29, 1.82) is 0 Å². The first-order chi connectivity index (χ1) is 13.5. The summed E-state index contributed by atoms with van der Waals surface area (Å²) < 4.78 is 5.88. The van der Waals surface area contributed by atoms with Crippen LogP contribution in [0.5, 0.6) is 5.75 Å². The number of hydrogen-bond acceptors (Lipinski definition) is 7. The fourth-order valence-electron chi connectivity index (χ4n) is 2.69. The zero-order valence-corrected chi connectivity index (χ0v) is 16.6. The SMILES string of the molecule is C=O.CNCCC(O)C#Cc1ccc2c(c1)-c1nc(C(N)=O)sc1C(C)CO2. The molecule has 0 spiro atoms. The zero-order valence-electron chi connectivity index (χ0n) is 15.8. The molecule has 1 aromatic carbocycles. The van der Waals surface area contributed by atoms with Crippen molar-refractivity contribution in [3.63, 3.8) is 0 Å². The molecule has 1 aromatic heterocycles. The minimum Gasteiger partial charge on any atom is -0.492 e. The Morgan fingerprint density at radius 3 is 2.96 bits per heavy atom. The van der Waals surface area contributed by atoms with Crippen molar-refractivity contribution in [3.8, 4) is 28.8 Å². The van der Waals surface area contributed by atoms with Crippen LogP contribution in [0.15, 0.2) is 18.2 Å². The summed E-state index contributed by atoms with van der Waals surface area (Å²) in [5.74, 6) is 6.13. The second kappa shape index (κ2) is 9.99. The van der Waals surface area contributed by atoms with Crippen molar-refractivity contribution < 1.29 is 19.4 Å². The van der Waals surface area contributed by atoms with E-state index >= 15 is 0 Å². The van der Waals surface area contributed by atoms with Crippen molar-refractivity contribution in [3.05, 3.63) is 33.6 Å². The fourth-order valence-corrected chi connectivity index (χ4v) is 3.66. The molecule has 28 heavy (non-hydrogen) atoms. The number of aliphatic hydroxyl groups is 1. The Hall–Kier alpha value is -2.73. The summed E-state index contributed by atoms with van der Waals surface area (Å²) in [4.78, 5) is 25.0. The molecule has 8 heteroatoms. The lowest BCUT2D eigenvalue weighted by molar-refractivity contribution is -0.0980. The molecule has 1 aliphatic rings. The Balaban J connectivity index is 0.00000136. The highest BCUT2D eigenvalue weighted by Gasteiger charge is 2.26. The average molecular weight is 401 g/mol. The summed E-state index contributed by atoms with van der Waals surface area (Å²) in [5.41, 5.74) is 7.68.